The third-order valence-corrected chi connectivity index (χ3v) is 3.64. The summed E-state index contributed by atoms with van der Waals surface area (Å²) in [5, 5.41) is 9.97. The molecule has 1 heterocycles. The molecule has 1 rings (SSSR count). The highest BCUT2D eigenvalue weighted by molar-refractivity contribution is 4.81. The van der Waals surface area contributed by atoms with E-state index in [1.807, 2.05) is 6.92 Å². The van der Waals surface area contributed by atoms with E-state index >= 15 is 0 Å². The molecule has 84 valence electrons. The van der Waals surface area contributed by atoms with Crippen molar-refractivity contribution in [1.29, 1.82) is 0 Å². The molecule has 14 heavy (non-hydrogen) atoms. The predicted octanol–water partition coefficient (Wildman–Crippen LogP) is 2.27. The maximum atomic E-state index is 9.97. The van der Waals surface area contributed by atoms with Gasteiger partial charge in [0.15, 0.2) is 0 Å². The maximum absolute atomic E-state index is 9.97. The highest BCUT2D eigenvalue weighted by atomic mass is 16.3. The molecule has 2 nitrogen and oxygen atoms in total. The van der Waals surface area contributed by atoms with Gasteiger partial charge in [0.05, 0.1) is 5.60 Å². The monoisotopic (exact) mass is 199 g/mol. The van der Waals surface area contributed by atoms with Crippen molar-refractivity contribution in [3.63, 3.8) is 0 Å². The lowest BCUT2D eigenvalue weighted by molar-refractivity contribution is 0.0423. The number of hydrogen-bond acceptors (Lipinski definition) is 2. The largest absolute Gasteiger partial charge is 0.390 e. The van der Waals surface area contributed by atoms with Gasteiger partial charge in [0, 0.05) is 12.6 Å². The number of likely N-dealkylation sites (tertiary alicyclic amines) is 1. The molecule has 0 bridgehead atoms. The Morgan fingerprint density at radius 1 is 1.14 bits per heavy atom. The molecule has 1 fully saturated rings. The summed E-state index contributed by atoms with van der Waals surface area (Å²) in [7, 11) is 0. The van der Waals surface area contributed by atoms with Gasteiger partial charge in [-0.3, -0.25) is 0 Å². The van der Waals surface area contributed by atoms with E-state index in [0.717, 1.165) is 32.4 Å². The van der Waals surface area contributed by atoms with Crippen LogP contribution in [0.5, 0.6) is 0 Å². The summed E-state index contributed by atoms with van der Waals surface area (Å²) in [6.45, 7) is 11.0. The zero-order valence-electron chi connectivity index (χ0n) is 10.1. The van der Waals surface area contributed by atoms with Crippen LogP contribution in [0.4, 0.5) is 0 Å². The van der Waals surface area contributed by atoms with Crippen LogP contribution in [0.3, 0.4) is 0 Å². The SMILES string of the molecule is CC(C)C(C)N1CCCC(C)(O)CC1. The van der Waals surface area contributed by atoms with Gasteiger partial charge in [-0.2, -0.15) is 0 Å². The molecule has 0 aromatic heterocycles. The normalized spacial score (nSPS) is 33.0. The minimum absolute atomic E-state index is 0.425. The first-order valence-electron chi connectivity index (χ1n) is 5.89. The summed E-state index contributed by atoms with van der Waals surface area (Å²) in [4.78, 5) is 2.52. The van der Waals surface area contributed by atoms with Gasteiger partial charge in [-0.25, -0.2) is 0 Å². The Morgan fingerprint density at radius 2 is 1.79 bits per heavy atom. The van der Waals surface area contributed by atoms with Gasteiger partial charge < -0.3 is 10.0 Å². The summed E-state index contributed by atoms with van der Waals surface area (Å²) in [6.07, 6.45) is 3.00. The topological polar surface area (TPSA) is 23.5 Å². The predicted molar refractivity (Wildman–Crippen MR) is 60.3 cm³/mol. The highest BCUT2D eigenvalue weighted by Gasteiger charge is 2.27. The Labute approximate surface area is 88.3 Å². The lowest BCUT2D eigenvalue weighted by atomic mass is 9.98. The fourth-order valence-corrected chi connectivity index (χ4v) is 2.11. The van der Waals surface area contributed by atoms with Crippen LogP contribution < -0.4 is 0 Å². The first-order valence-corrected chi connectivity index (χ1v) is 5.89. The summed E-state index contributed by atoms with van der Waals surface area (Å²) in [5.41, 5.74) is -0.425. The molecule has 0 radical (unpaired) electrons. The Balaban J connectivity index is 2.50. The first kappa shape index (κ1) is 12.0. The van der Waals surface area contributed by atoms with E-state index in [2.05, 4.69) is 25.7 Å². The lowest BCUT2D eigenvalue weighted by Crippen LogP contribution is -2.38. The van der Waals surface area contributed by atoms with E-state index in [1.54, 1.807) is 0 Å². The van der Waals surface area contributed by atoms with Crippen molar-refractivity contribution in [2.75, 3.05) is 13.1 Å². The van der Waals surface area contributed by atoms with Crippen LogP contribution in [0.15, 0.2) is 0 Å². The molecule has 1 N–H and O–H groups in total. The molecule has 1 aliphatic heterocycles. The smallest absolute Gasteiger partial charge is 0.0632 e. The Bertz CT molecular complexity index is 177. The Hall–Kier alpha value is -0.0800. The molecule has 0 spiro atoms. The van der Waals surface area contributed by atoms with Crippen LogP contribution in [0, 0.1) is 5.92 Å². The molecule has 0 amide bonds. The van der Waals surface area contributed by atoms with Crippen LogP contribution in [-0.2, 0) is 0 Å². The van der Waals surface area contributed by atoms with Gasteiger partial charge in [-0.15, -0.1) is 0 Å². The van der Waals surface area contributed by atoms with Crippen molar-refractivity contribution >= 4 is 0 Å². The van der Waals surface area contributed by atoms with E-state index in [-0.39, 0.29) is 0 Å². The standard InChI is InChI=1S/C12H25NO/c1-10(2)11(3)13-8-5-6-12(4,14)7-9-13/h10-11,14H,5-9H2,1-4H3. The highest BCUT2D eigenvalue weighted by Crippen LogP contribution is 2.23. The van der Waals surface area contributed by atoms with Crippen molar-refractivity contribution < 1.29 is 5.11 Å². The van der Waals surface area contributed by atoms with E-state index < -0.39 is 5.60 Å². The number of nitrogens with zero attached hydrogens (tertiary/aromatic N) is 1. The quantitative estimate of drug-likeness (QED) is 0.737. The second kappa shape index (κ2) is 4.63. The molecular formula is C12H25NO. The van der Waals surface area contributed by atoms with E-state index in [0.29, 0.717) is 12.0 Å². The second-order valence-corrected chi connectivity index (χ2v) is 5.37. The van der Waals surface area contributed by atoms with Crippen molar-refractivity contribution in [3.8, 4) is 0 Å². The van der Waals surface area contributed by atoms with Crippen molar-refractivity contribution in [2.45, 2.75) is 58.6 Å². The van der Waals surface area contributed by atoms with Crippen LogP contribution >= 0.6 is 0 Å². The van der Waals surface area contributed by atoms with E-state index in [9.17, 15) is 5.11 Å². The molecule has 0 saturated carbocycles. The number of hydrogen-bond donors (Lipinski definition) is 1. The number of aliphatic hydroxyl groups is 1. The van der Waals surface area contributed by atoms with Gasteiger partial charge in [-0.1, -0.05) is 13.8 Å². The Kier molecular flexibility index (Phi) is 3.96. The molecule has 2 heteroatoms. The fourth-order valence-electron chi connectivity index (χ4n) is 2.11. The third kappa shape index (κ3) is 3.25. The van der Waals surface area contributed by atoms with E-state index in [1.165, 1.54) is 0 Å². The van der Waals surface area contributed by atoms with Gasteiger partial charge >= 0.3 is 0 Å². The molecule has 0 aliphatic carbocycles. The van der Waals surface area contributed by atoms with Gasteiger partial charge in [0.2, 0.25) is 0 Å². The van der Waals surface area contributed by atoms with Gasteiger partial charge in [0.25, 0.3) is 0 Å². The van der Waals surface area contributed by atoms with E-state index in [4.69, 9.17) is 0 Å². The van der Waals surface area contributed by atoms with Crippen LogP contribution in [0.1, 0.15) is 47.0 Å². The molecule has 2 atom stereocenters. The minimum atomic E-state index is -0.425. The van der Waals surface area contributed by atoms with Crippen molar-refractivity contribution in [2.24, 2.45) is 5.92 Å². The fraction of sp³-hybridized carbons (Fsp3) is 1.00. The molecular weight excluding hydrogens is 174 g/mol. The zero-order valence-corrected chi connectivity index (χ0v) is 10.1. The number of rotatable bonds is 2. The lowest BCUT2D eigenvalue weighted by Gasteiger charge is -2.30. The average molecular weight is 199 g/mol. The summed E-state index contributed by atoms with van der Waals surface area (Å²) in [5.74, 6) is 0.707. The van der Waals surface area contributed by atoms with Gasteiger partial charge in [-0.05, 0) is 45.6 Å². The molecule has 1 saturated heterocycles. The van der Waals surface area contributed by atoms with Crippen LogP contribution in [0.2, 0.25) is 0 Å². The minimum Gasteiger partial charge on any atom is -0.390 e. The molecule has 0 aromatic carbocycles. The average Bonchev–Trinajstić information content (AvgIpc) is 2.25. The third-order valence-electron chi connectivity index (χ3n) is 3.64. The second-order valence-electron chi connectivity index (χ2n) is 5.37. The zero-order chi connectivity index (χ0) is 10.8. The first-order chi connectivity index (χ1) is 6.42. The Morgan fingerprint density at radius 3 is 2.36 bits per heavy atom. The van der Waals surface area contributed by atoms with Crippen LogP contribution in [-0.4, -0.2) is 34.7 Å². The summed E-state index contributed by atoms with van der Waals surface area (Å²) in [6, 6.07) is 0.642. The van der Waals surface area contributed by atoms with Crippen LogP contribution in [0.25, 0.3) is 0 Å². The summed E-state index contributed by atoms with van der Waals surface area (Å²) >= 11 is 0. The molecule has 0 aromatic rings. The maximum Gasteiger partial charge on any atom is 0.0632 e. The molecule has 1 aliphatic rings. The summed E-state index contributed by atoms with van der Waals surface area (Å²) < 4.78 is 0. The van der Waals surface area contributed by atoms with Crippen molar-refractivity contribution in [3.05, 3.63) is 0 Å². The van der Waals surface area contributed by atoms with Crippen molar-refractivity contribution in [1.82, 2.24) is 4.90 Å². The molecule has 2 unspecified atom stereocenters. The van der Waals surface area contributed by atoms with Gasteiger partial charge in [0.1, 0.15) is 0 Å².